The number of rotatable bonds is 11. The molecule has 0 N–H and O–H groups in total. The lowest BCUT2D eigenvalue weighted by atomic mass is 9.88. The Morgan fingerprint density at radius 2 is 1.61 bits per heavy atom. The number of fused-ring (bicyclic) bond motifs is 1. The van der Waals surface area contributed by atoms with Crippen LogP contribution in [0.4, 0.5) is 0 Å². The van der Waals surface area contributed by atoms with Crippen LogP contribution in [0.2, 0.25) is 36.3 Å². The number of carbonyl (C=O) groups is 1. The Morgan fingerprint density at radius 1 is 1.03 bits per heavy atom. The minimum absolute atomic E-state index is 0.0645. The molecule has 2 saturated carbocycles. The summed E-state index contributed by atoms with van der Waals surface area (Å²) in [6.07, 6.45) is 12.6. The highest BCUT2D eigenvalue weighted by Gasteiger charge is 2.53. The minimum atomic E-state index is -1.98. The van der Waals surface area contributed by atoms with Gasteiger partial charge in [-0.2, -0.15) is 0 Å². The maximum Gasteiger partial charge on any atom is 0.193 e. The molecule has 0 spiro atoms. The van der Waals surface area contributed by atoms with Crippen LogP contribution in [0, 0.1) is 17.8 Å². The first kappa shape index (κ1) is 31.5. The topological polar surface area (TPSA) is 35.5 Å². The summed E-state index contributed by atoms with van der Waals surface area (Å²) < 4.78 is 14.0. The van der Waals surface area contributed by atoms with Gasteiger partial charge >= 0.3 is 0 Å². The van der Waals surface area contributed by atoms with Gasteiger partial charge in [-0.1, -0.05) is 86.1 Å². The fraction of sp³-hybridized carbons (Fsp3) is 0.774. The van der Waals surface area contributed by atoms with Crippen LogP contribution in [0.3, 0.4) is 0 Å². The monoisotopic (exact) mass is 532 g/mol. The third-order valence-electron chi connectivity index (χ3n) is 9.76. The molecular weight excluding hydrogens is 477 g/mol. The predicted octanol–water partition coefficient (Wildman–Crippen LogP) is 9.24. The summed E-state index contributed by atoms with van der Waals surface area (Å²) in [6, 6.07) is 0. The Kier molecular flexibility index (Phi) is 9.75. The van der Waals surface area contributed by atoms with Gasteiger partial charge in [0.2, 0.25) is 0 Å². The van der Waals surface area contributed by atoms with E-state index >= 15 is 0 Å². The number of hydrogen-bond acceptors (Lipinski definition) is 3. The molecule has 2 aliphatic rings. The average Bonchev–Trinajstić information content (AvgIpc) is 3.19. The number of allylic oxidation sites excluding steroid dienone is 1. The molecule has 0 aromatic rings. The Labute approximate surface area is 225 Å². The van der Waals surface area contributed by atoms with Crippen LogP contribution in [-0.4, -0.2) is 34.1 Å². The fourth-order valence-electron chi connectivity index (χ4n) is 5.29. The highest BCUT2D eigenvalue weighted by molar-refractivity contribution is 6.74. The van der Waals surface area contributed by atoms with E-state index in [0.717, 1.165) is 44.1 Å². The van der Waals surface area contributed by atoms with E-state index in [2.05, 4.69) is 106 Å². The number of Topliss-reactive ketones (excluding diaryl/α,β-unsaturated/α-hetero) is 1. The molecule has 3 nitrogen and oxygen atoms in total. The second-order valence-electron chi connectivity index (χ2n) is 14.5. The van der Waals surface area contributed by atoms with Crippen molar-refractivity contribution in [3.8, 4) is 0 Å². The molecule has 0 amide bonds. The van der Waals surface area contributed by atoms with Gasteiger partial charge in [-0.3, -0.25) is 4.79 Å². The molecule has 0 aromatic heterocycles. The first-order chi connectivity index (χ1) is 16.3. The summed E-state index contributed by atoms with van der Waals surface area (Å²) >= 11 is 0. The zero-order valence-corrected chi connectivity index (χ0v) is 27.4. The van der Waals surface area contributed by atoms with Gasteiger partial charge in [-0.05, 0) is 73.4 Å². The smallest absolute Gasteiger partial charge is 0.193 e. The summed E-state index contributed by atoms with van der Waals surface area (Å²) in [7, 11) is -3.93. The van der Waals surface area contributed by atoms with Crippen molar-refractivity contribution in [1.82, 2.24) is 0 Å². The largest absolute Gasteiger partial charge is 0.413 e. The molecule has 0 aromatic carbocycles. The molecule has 2 rings (SSSR count). The average molecular weight is 533 g/mol. The summed E-state index contributed by atoms with van der Waals surface area (Å²) in [4.78, 5) is 12.9. The molecular formula is C31H56O3Si2. The Morgan fingerprint density at radius 3 is 2.11 bits per heavy atom. The number of ketones is 1. The predicted molar refractivity (Wildman–Crippen MR) is 160 cm³/mol. The van der Waals surface area contributed by atoms with Gasteiger partial charge in [0, 0.05) is 11.8 Å². The first-order valence-electron chi connectivity index (χ1n) is 14.2. The molecule has 2 fully saturated rings. The Balaban J connectivity index is 2.34. The zero-order chi connectivity index (χ0) is 27.7. The van der Waals surface area contributed by atoms with E-state index in [-0.39, 0.29) is 39.4 Å². The highest BCUT2D eigenvalue weighted by Crippen LogP contribution is 2.51. The summed E-state index contributed by atoms with van der Waals surface area (Å²) in [5, 5.41) is 0.282. The molecule has 0 saturated heterocycles. The summed E-state index contributed by atoms with van der Waals surface area (Å²) in [5.41, 5.74) is 0.456. The van der Waals surface area contributed by atoms with Gasteiger partial charge in [-0.15, -0.1) is 6.58 Å². The molecule has 0 aliphatic heterocycles. The van der Waals surface area contributed by atoms with Crippen LogP contribution in [-0.2, 0) is 13.6 Å². The van der Waals surface area contributed by atoms with E-state index in [1.54, 1.807) is 0 Å². The Hall–Kier alpha value is -0.756. The van der Waals surface area contributed by atoms with Crippen molar-refractivity contribution in [1.29, 1.82) is 0 Å². The third-order valence-corrected chi connectivity index (χ3v) is 18.8. The quantitative estimate of drug-likeness (QED) is 0.151. The van der Waals surface area contributed by atoms with Crippen LogP contribution in [0.25, 0.3) is 0 Å². The zero-order valence-electron chi connectivity index (χ0n) is 25.4. The molecule has 206 valence electrons. The van der Waals surface area contributed by atoms with Crippen molar-refractivity contribution in [3.63, 3.8) is 0 Å². The van der Waals surface area contributed by atoms with Crippen molar-refractivity contribution < 1.29 is 13.6 Å². The van der Waals surface area contributed by atoms with Crippen molar-refractivity contribution in [3.05, 3.63) is 37.0 Å². The van der Waals surface area contributed by atoms with Gasteiger partial charge in [0.1, 0.15) is 0 Å². The number of hydrogen-bond donors (Lipinski definition) is 0. The van der Waals surface area contributed by atoms with Gasteiger partial charge in [0.15, 0.2) is 22.4 Å². The van der Waals surface area contributed by atoms with Gasteiger partial charge in [-0.25, -0.2) is 0 Å². The van der Waals surface area contributed by atoms with Gasteiger partial charge in [0.25, 0.3) is 0 Å². The molecule has 0 bridgehead atoms. The molecule has 36 heavy (non-hydrogen) atoms. The summed E-state index contributed by atoms with van der Waals surface area (Å²) in [6.45, 7) is 33.7. The van der Waals surface area contributed by atoms with E-state index in [1.807, 2.05) is 0 Å². The van der Waals surface area contributed by atoms with Crippen molar-refractivity contribution >= 4 is 22.4 Å². The van der Waals surface area contributed by atoms with Crippen LogP contribution < -0.4 is 0 Å². The third kappa shape index (κ3) is 6.81. The fourth-order valence-corrected chi connectivity index (χ4v) is 8.24. The lowest BCUT2D eigenvalue weighted by Gasteiger charge is -2.44. The van der Waals surface area contributed by atoms with Crippen LogP contribution in [0.5, 0.6) is 0 Å². The highest BCUT2D eigenvalue weighted by atomic mass is 28.4. The molecule has 1 unspecified atom stereocenters. The second kappa shape index (κ2) is 11.2. The lowest BCUT2D eigenvalue weighted by Crippen LogP contribution is -2.49. The standard InChI is InChI=1S/C31H56O3Si2/c1-14-16-19-31(15-2,34-36(12,13)30(7,8)9)20-17-18-24-25-21-23(3)28(32)26(25)22-27(24)33-35(10,11)29(4,5)6/h15,17-18,24-27H,2-3,14,16,19-22H2,1,4-13H3/t24-,25-,26-,27+,31?/m0/s1. The minimum Gasteiger partial charge on any atom is -0.413 e. The van der Waals surface area contributed by atoms with Crippen molar-refractivity contribution in [2.75, 3.05) is 0 Å². The van der Waals surface area contributed by atoms with Crippen LogP contribution >= 0.6 is 0 Å². The normalized spacial score (nSPS) is 27.5. The summed E-state index contributed by atoms with van der Waals surface area (Å²) in [5.74, 6) is 0.888. The van der Waals surface area contributed by atoms with E-state index in [9.17, 15) is 4.79 Å². The van der Waals surface area contributed by atoms with Gasteiger partial charge < -0.3 is 8.85 Å². The van der Waals surface area contributed by atoms with Crippen LogP contribution in [0.15, 0.2) is 37.0 Å². The van der Waals surface area contributed by atoms with Crippen molar-refractivity contribution in [2.45, 2.75) is 135 Å². The van der Waals surface area contributed by atoms with Crippen LogP contribution in [0.1, 0.15) is 87.0 Å². The van der Waals surface area contributed by atoms with E-state index in [0.29, 0.717) is 5.92 Å². The molecule has 0 radical (unpaired) electrons. The second-order valence-corrected chi connectivity index (χ2v) is 24.0. The van der Waals surface area contributed by atoms with E-state index in [4.69, 9.17) is 8.85 Å². The molecule has 0 heterocycles. The maximum atomic E-state index is 12.9. The van der Waals surface area contributed by atoms with E-state index in [1.165, 1.54) is 0 Å². The molecule has 5 heteroatoms. The van der Waals surface area contributed by atoms with E-state index < -0.39 is 16.6 Å². The first-order valence-corrected chi connectivity index (χ1v) is 20.0. The Bertz CT molecular complexity index is 843. The molecule has 2 aliphatic carbocycles. The maximum absolute atomic E-state index is 12.9. The SMILES string of the molecule is C=CC(CC=C[C@H]1[C@@H]2CC(=C)C(=O)[C@H]2C[C@H]1O[Si](C)(C)C(C)(C)C)(CCCC)O[Si](C)(C)C(C)(C)C. The lowest BCUT2D eigenvalue weighted by molar-refractivity contribution is -0.118. The van der Waals surface area contributed by atoms with Crippen molar-refractivity contribution in [2.24, 2.45) is 17.8 Å². The number of unbranched alkanes of at least 4 members (excludes halogenated alkanes) is 1. The number of carbonyl (C=O) groups excluding carboxylic acids is 1. The van der Waals surface area contributed by atoms with Gasteiger partial charge in [0.05, 0.1) is 11.7 Å². The molecule has 5 atom stereocenters.